The van der Waals surface area contributed by atoms with Crippen molar-refractivity contribution in [3.05, 3.63) is 57.6 Å². The first-order valence-electron chi connectivity index (χ1n) is 5.78. The Bertz CT molecular complexity index is 606. The molecule has 0 fully saturated rings. The molecule has 2 N–H and O–H groups in total. The zero-order chi connectivity index (χ0) is 14.9. The van der Waals surface area contributed by atoms with Gasteiger partial charge in [0, 0.05) is 11.3 Å². The zero-order valence-electron chi connectivity index (χ0n) is 10.4. The van der Waals surface area contributed by atoms with Crippen molar-refractivity contribution in [2.45, 2.75) is 13.0 Å². The minimum atomic E-state index is -0.638. The number of aromatic hydroxyl groups is 1. The summed E-state index contributed by atoms with van der Waals surface area (Å²) in [4.78, 5) is 0. The molecule has 2 aromatic carbocycles. The molecular weight excluding hydrogens is 307 g/mol. The van der Waals surface area contributed by atoms with E-state index >= 15 is 0 Å². The smallest absolute Gasteiger partial charge is 0.152 e. The van der Waals surface area contributed by atoms with Crippen LogP contribution in [0.5, 0.6) is 5.75 Å². The summed E-state index contributed by atoms with van der Waals surface area (Å²) in [5.74, 6) is -1.51. The van der Waals surface area contributed by atoms with Crippen molar-refractivity contribution in [2.75, 3.05) is 5.32 Å². The zero-order valence-corrected chi connectivity index (χ0v) is 11.9. The average Bonchev–Trinajstić information content (AvgIpc) is 2.35. The largest absolute Gasteiger partial charge is 0.505 e. The van der Waals surface area contributed by atoms with Crippen molar-refractivity contribution in [1.29, 1.82) is 0 Å². The number of rotatable bonds is 3. The standard InChI is InChI=1S/C14H11Cl2F2NO/c1-7(13-11(17)3-2-4-12(13)18)19-8-5-9(15)14(20)10(16)6-8/h2-7,19-20H,1H3. The van der Waals surface area contributed by atoms with Crippen LogP contribution in [0.4, 0.5) is 14.5 Å². The van der Waals surface area contributed by atoms with E-state index in [4.69, 9.17) is 23.2 Å². The molecule has 0 radical (unpaired) electrons. The van der Waals surface area contributed by atoms with Gasteiger partial charge < -0.3 is 10.4 Å². The second-order valence-corrected chi connectivity index (χ2v) is 5.10. The Morgan fingerprint density at radius 2 is 1.60 bits per heavy atom. The molecule has 0 aliphatic carbocycles. The third kappa shape index (κ3) is 2.97. The van der Waals surface area contributed by atoms with Gasteiger partial charge in [0.05, 0.1) is 16.1 Å². The molecule has 0 bridgehead atoms. The number of benzene rings is 2. The molecular formula is C14H11Cl2F2NO. The summed E-state index contributed by atoms with van der Waals surface area (Å²) in [5, 5.41) is 12.5. The van der Waals surface area contributed by atoms with Crippen molar-refractivity contribution in [2.24, 2.45) is 0 Å². The van der Waals surface area contributed by atoms with Gasteiger partial charge in [-0.15, -0.1) is 0 Å². The van der Waals surface area contributed by atoms with Gasteiger partial charge in [0.25, 0.3) is 0 Å². The van der Waals surface area contributed by atoms with Crippen LogP contribution in [-0.2, 0) is 0 Å². The number of anilines is 1. The van der Waals surface area contributed by atoms with E-state index in [1.54, 1.807) is 6.92 Å². The summed E-state index contributed by atoms with van der Waals surface area (Å²) >= 11 is 11.6. The van der Waals surface area contributed by atoms with E-state index in [1.807, 2.05) is 0 Å². The topological polar surface area (TPSA) is 32.3 Å². The molecule has 0 spiro atoms. The van der Waals surface area contributed by atoms with E-state index in [9.17, 15) is 13.9 Å². The average molecular weight is 318 g/mol. The third-order valence-corrected chi connectivity index (χ3v) is 3.41. The molecule has 0 aliphatic rings. The Morgan fingerprint density at radius 1 is 1.10 bits per heavy atom. The molecule has 0 saturated carbocycles. The summed E-state index contributed by atoms with van der Waals surface area (Å²) < 4.78 is 27.3. The first-order valence-corrected chi connectivity index (χ1v) is 6.54. The van der Waals surface area contributed by atoms with Crippen LogP contribution in [-0.4, -0.2) is 5.11 Å². The molecule has 106 valence electrons. The summed E-state index contributed by atoms with van der Waals surface area (Å²) in [6.45, 7) is 1.61. The Morgan fingerprint density at radius 3 is 2.10 bits per heavy atom. The quantitative estimate of drug-likeness (QED) is 0.767. The molecule has 0 amide bonds. The molecule has 0 heterocycles. The molecule has 0 saturated heterocycles. The number of hydrogen-bond acceptors (Lipinski definition) is 2. The number of phenolic OH excluding ortho intramolecular Hbond substituents is 1. The Kier molecular flexibility index (Phi) is 4.35. The van der Waals surface area contributed by atoms with Crippen LogP contribution in [0.1, 0.15) is 18.5 Å². The maximum Gasteiger partial charge on any atom is 0.152 e. The van der Waals surface area contributed by atoms with Crippen LogP contribution >= 0.6 is 23.2 Å². The van der Waals surface area contributed by atoms with E-state index in [-0.39, 0.29) is 21.4 Å². The van der Waals surface area contributed by atoms with Gasteiger partial charge in [-0.05, 0) is 31.2 Å². The summed E-state index contributed by atoms with van der Waals surface area (Å²) in [6.07, 6.45) is 0. The molecule has 20 heavy (non-hydrogen) atoms. The number of nitrogens with one attached hydrogen (secondary N) is 1. The normalized spacial score (nSPS) is 12.2. The number of phenols is 1. The Balaban J connectivity index is 2.30. The van der Waals surface area contributed by atoms with Gasteiger partial charge in [0.2, 0.25) is 0 Å². The minimum Gasteiger partial charge on any atom is -0.505 e. The van der Waals surface area contributed by atoms with E-state index in [2.05, 4.69) is 5.32 Å². The Labute approximate surface area is 125 Å². The lowest BCUT2D eigenvalue weighted by Gasteiger charge is -2.17. The SMILES string of the molecule is CC(Nc1cc(Cl)c(O)c(Cl)c1)c1c(F)cccc1F. The van der Waals surface area contributed by atoms with Gasteiger partial charge in [0.15, 0.2) is 5.75 Å². The summed E-state index contributed by atoms with van der Waals surface area (Å²) in [6, 6.07) is 5.90. The van der Waals surface area contributed by atoms with Crippen molar-refractivity contribution in [3.63, 3.8) is 0 Å². The van der Waals surface area contributed by atoms with E-state index in [0.717, 1.165) is 0 Å². The van der Waals surface area contributed by atoms with Crippen LogP contribution in [0.25, 0.3) is 0 Å². The lowest BCUT2D eigenvalue weighted by molar-refractivity contribution is 0.476. The minimum absolute atomic E-state index is 0.0567. The fraction of sp³-hybridized carbons (Fsp3) is 0.143. The molecule has 2 aromatic rings. The highest BCUT2D eigenvalue weighted by molar-refractivity contribution is 6.37. The van der Waals surface area contributed by atoms with E-state index in [0.29, 0.717) is 5.69 Å². The van der Waals surface area contributed by atoms with E-state index in [1.165, 1.54) is 30.3 Å². The van der Waals surface area contributed by atoms with Crippen LogP contribution < -0.4 is 5.32 Å². The predicted molar refractivity (Wildman–Crippen MR) is 76.5 cm³/mol. The molecule has 0 aromatic heterocycles. The van der Waals surface area contributed by atoms with Crippen LogP contribution in [0.3, 0.4) is 0 Å². The Hall–Kier alpha value is -1.52. The highest BCUT2D eigenvalue weighted by Crippen LogP contribution is 2.36. The molecule has 6 heteroatoms. The predicted octanol–water partition coefficient (Wildman–Crippen LogP) is 5.15. The summed E-state index contributed by atoms with van der Waals surface area (Å²) in [7, 11) is 0. The van der Waals surface area contributed by atoms with Crippen LogP contribution in [0.15, 0.2) is 30.3 Å². The van der Waals surface area contributed by atoms with Gasteiger partial charge in [-0.25, -0.2) is 8.78 Å². The lowest BCUT2D eigenvalue weighted by Crippen LogP contribution is -2.10. The highest BCUT2D eigenvalue weighted by Gasteiger charge is 2.16. The monoisotopic (exact) mass is 317 g/mol. The molecule has 2 rings (SSSR count). The number of halogens is 4. The van der Waals surface area contributed by atoms with Gasteiger partial charge in [-0.3, -0.25) is 0 Å². The highest BCUT2D eigenvalue weighted by atomic mass is 35.5. The molecule has 2 nitrogen and oxygen atoms in total. The van der Waals surface area contributed by atoms with Crippen molar-refractivity contribution >= 4 is 28.9 Å². The van der Waals surface area contributed by atoms with Gasteiger partial charge in [0.1, 0.15) is 11.6 Å². The second kappa shape index (κ2) is 5.85. The maximum atomic E-state index is 13.7. The van der Waals surface area contributed by atoms with Crippen molar-refractivity contribution in [3.8, 4) is 5.75 Å². The fourth-order valence-corrected chi connectivity index (χ4v) is 2.38. The maximum absolute atomic E-state index is 13.7. The van der Waals surface area contributed by atoms with Crippen LogP contribution in [0.2, 0.25) is 10.0 Å². The van der Waals surface area contributed by atoms with Crippen molar-refractivity contribution < 1.29 is 13.9 Å². The van der Waals surface area contributed by atoms with Gasteiger partial charge in [-0.2, -0.15) is 0 Å². The molecule has 0 aliphatic heterocycles. The summed E-state index contributed by atoms with van der Waals surface area (Å²) in [5.41, 5.74) is 0.376. The lowest BCUT2D eigenvalue weighted by atomic mass is 10.1. The molecule has 1 unspecified atom stereocenters. The van der Waals surface area contributed by atoms with Gasteiger partial charge in [-0.1, -0.05) is 29.3 Å². The van der Waals surface area contributed by atoms with Crippen molar-refractivity contribution in [1.82, 2.24) is 0 Å². The third-order valence-electron chi connectivity index (χ3n) is 2.83. The van der Waals surface area contributed by atoms with Crippen LogP contribution in [0, 0.1) is 11.6 Å². The molecule has 1 atom stereocenters. The first kappa shape index (κ1) is 14.9. The van der Waals surface area contributed by atoms with Gasteiger partial charge >= 0.3 is 0 Å². The number of hydrogen-bond donors (Lipinski definition) is 2. The second-order valence-electron chi connectivity index (χ2n) is 4.29. The first-order chi connectivity index (χ1) is 9.40. The fourth-order valence-electron chi connectivity index (χ4n) is 1.90. The van der Waals surface area contributed by atoms with E-state index < -0.39 is 17.7 Å².